The van der Waals surface area contributed by atoms with Gasteiger partial charge in [-0.2, -0.15) is 18.4 Å². The molecular weight excluding hydrogens is 253 g/mol. The van der Waals surface area contributed by atoms with Gasteiger partial charge in [-0.25, -0.2) is 0 Å². The maximum absolute atomic E-state index is 12.7. The smallest absolute Gasteiger partial charge is 0.382 e. The summed E-state index contributed by atoms with van der Waals surface area (Å²) in [5.74, 6) is 0.577. The number of hydrogen-bond acceptors (Lipinski definition) is 2. The second-order valence-electron chi connectivity index (χ2n) is 4.99. The van der Waals surface area contributed by atoms with E-state index in [1.807, 2.05) is 6.92 Å². The van der Waals surface area contributed by atoms with Crippen molar-refractivity contribution in [1.29, 1.82) is 5.26 Å². The van der Waals surface area contributed by atoms with Crippen molar-refractivity contribution in [3.05, 3.63) is 29.3 Å². The standard InChI is InChI=1S/C14H15F3N2/c1-9(10-3-2-4-10)19-12-5-6-13(14(15,16)17)11(7-12)8-18/h5-7,9-10,19H,2-4H2,1H3. The van der Waals surface area contributed by atoms with E-state index in [0.29, 0.717) is 11.6 Å². The van der Waals surface area contributed by atoms with Crippen molar-refractivity contribution in [1.82, 2.24) is 0 Å². The molecule has 1 unspecified atom stereocenters. The molecule has 1 aromatic carbocycles. The van der Waals surface area contributed by atoms with E-state index in [9.17, 15) is 13.2 Å². The van der Waals surface area contributed by atoms with Gasteiger partial charge in [0.05, 0.1) is 17.2 Å². The van der Waals surface area contributed by atoms with Crippen LogP contribution in [-0.4, -0.2) is 6.04 Å². The molecule has 0 heterocycles. The van der Waals surface area contributed by atoms with E-state index in [1.54, 1.807) is 6.07 Å². The van der Waals surface area contributed by atoms with Gasteiger partial charge >= 0.3 is 6.18 Å². The molecule has 2 rings (SSSR count). The fraction of sp³-hybridized carbons (Fsp3) is 0.500. The quantitative estimate of drug-likeness (QED) is 0.892. The SMILES string of the molecule is CC(Nc1ccc(C(F)(F)F)c(C#N)c1)C1CCC1. The van der Waals surface area contributed by atoms with E-state index in [4.69, 9.17) is 5.26 Å². The summed E-state index contributed by atoms with van der Waals surface area (Å²) >= 11 is 0. The molecule has 0 saturated heterocycles. The van der Waals surface area contributed by atoms with Crippen molar-refractivity contribution < 1.29 is 13.2 Å². The average molecular weight is 268 g/mol. The van der Waals surface area contributed by atoms with Crippen LogP contribution in [0.15, 0.2) is 18.2 Å². The van der Waals surface area contributed by atoms with Gasteiger partial charge in [-0.3, -0.25) is 0 Å². The van der Waals surface area contributed by atoms with E-state index in [2.05, 4.69) is 5.32 Å². The maximum Gasteiger partial charge on any atom is 0.417 e. The lowest BCUT2D eigenvalue weighted by atomic mass is 9.80. The minimum atomic E-state index is -4.48. The van der Waals surface area contributed by atoms with Crippen LogP contribution in [-0.2, 0) is 6.18 Å². The molecule has 0 spiro atoms. The summed E-state index contributed by atoms with van der Waals surface area (Å²) in [7, 11) is 0. The second-order valence-corrected chi connectivity index (χ2v) is 4.99. The summed E-state index contributed by atoms with van der Waals surface area (Å²) in [6, 6.07) is 5.46. The van der Waals surface area contributed by atoms with Gasteiger partial charge in [-0.05, 0) is 43.9 Å². The van der Waals surface area contributed by atoms with Gasteiger partial charge in [0.25, 0.3) is 0 Å². The number of hydrogen-bond donors (Lipinski definition) is 1. The third-order valence-corrected chi connectivity index (χ3v) is 3.70. The van der Waals surface area contributed by atoms with Crippen molar-refractivity contribution in [2.45, 2.75) is 38.4 Å². The van der Waals surface area contributed by atoms with Crippen LogP contribution in [0.25, 0.3) is 0 Å². The number of rotatable bonds is 3. The number of halogens is 3. The van der Waals surface area contributed by atoms with Crippen molar-refractivity contribution in [3.63, 3.8) is 0 Å². The number of nitrogens with one attached hydrogen (secondary N) is 1. The highest BCUT2D eigenvalue weighted by atomic mass is 19.4. The normalized spacial score (nSPS) is 17.4. The lowest BCUT2D eigenvalue weighted by Crippen LogP contribution is -2.30. The van der Waals surface area contributed by atoms with Crippen molar-refractivity contribution >= 4 is 5.69 Å². The first kappa shape index (κ1) is 13.7. The monoisotopic (exact) mass is 268 g/mol. The fourth-order valence-electron chi connectivity index (χ4n) is 2.29. The van der Waals surface area contributed by atoms with Gasteiger partial charge in [0.2, 0.25) is 0 Å². The van der Waals surface area contributed by atoms with Crippen LogP contribution in [0.5, 0.6) is 0 Å². The van der Waals surface area contributed by atoms with Gasteiger partial charge < -0.3 is 5.32 Å². The zero-order valence-corrected chi connectivity index (χ0v) is 10.6. The van der Waals surface area contributed by atoms with Gasteiger partial charge in [0.1, 0.15) is 0 Å². The number of nitrogens with zero attached hydrogens (tertiary/aromatic N) is 1. The largest absolute Gasteiger partial charge is 0.417 e. The zero-order valence-electron chi connectivity index (χ0n) is 10.6. The lowest BCUT2D eigenvalue weighted by molar-refractivity contribution is -0.137. The molecule has 1 aliphatic rings. The summed E-state index contributed by atoms with van der Waals surface area (Å²) < 4.78 is 38.0. The topological polar surface area (TPSA) is 35.8 Å². The number of benzene rings is 1. The molecule has 0 radical (unpaired) electrons. The molecular formula is C14H15F3N2. The Labute approximate surface area is 110 Å². The summed E-state index contributed by atoms with van der Waals surface area (Å²) in [5, 5.41) is 12.0. The Morgan fingerprint density at radius 3 is 2.53 bits per heavy atom. The minimum absolute atomic E-state index is 0.219. The van der Waals surface area contributed by atoms with E-state index in [1.165, 1.54) is 18.6 Å². The number of nitriles is 1. The average Bonchev–Trinajstić information content (AvgIpc) is 2.24. The van der Waals surface area contributed by atoms with Gasteiger partial charge in [-0.1, -0.05) is 6.42 Å². The molecule has 1 fully saturated rings. The molecule has 0 bridgehead atoms. The predicted octanol–water partition coefficient (Wildman–Crippen LogP) is 4.18. The third-order valence-electron chi connectivity index (χ3n) is 3.70. The van der Waals surface area contributed by atoms with Crippen LogP contribution in [0.3, 0.4) is 0 Å². The van der Waals surface area contributed by atoms with E-state index >= 15 is 0 Å². The number of alkyl halides is 3. The zero-order chi connectivity index (χ0) is 14.0. The van der Waals surface area contributed by atoms with Gasteiger partial charge in [-0.15, -0.1) is 0 Å². The fourth-order valence-corrected chi connectivity index (χ4v) is 2.29. The van der Waals surface area contributed by atoms with Gasteiger partial charge in [0.15, 0.2) is 0 Å². The molecule has 1 atom stereocenters. The Morgan fingerprint density at radius 1 is 1.37 bits per heavy atom. The van der Waals surface area contributed by atoms with E-state index in [0.717, 1.165) is 18.9 Å². The Hall–Kier alpha value is -1.70. The Balaban J connectivity index is 2.17. The predicted molar refractivity (Wildman–Crippen MR) is 66.6 cm³/mol. The molecule has 1 aromatic rings. The molecule has 1 N–H and O–H groups in total. The van der Waals surface area contributed by atoms with Crippen LogP contribution in [0, 0.1) is 17.2 Å². The van der Waals surface area contributed by atoms with E-state index < -0.39 is 11.7 Å². The maximum atomic E-state index is 12.7. The first-order valence-electron chi connectivity index (χ1n) is 6.29. The molecule has 0 aliphatic heterocycles. The summed E-state index contributed by atoms with van der Waals surface area (Å²) in [4.78, 5) is 0. The second kappa shape index (κ2) is 5.12. The molecule has 2 nitrogen and oxygen atoms in total. The molecule has 102 valence electrons. The Bertz CT molecular complexity index is 498. The first-order chi connectivity index (χ1) is 8.91. The van der Waals surface area contributed by atoms with Crippen LogP contribution in [0.2, 0.25) is 0 Å². The van der Waals surface area contributed by atoms with E-state index in [-0.39, 0.29) is 11.6 Å². The minimum Gasteiger partial charge on any atom is -0.382 e. The first-order valence-corrected chi connectivity index (χ1v) is 6.29. The summed E-state index contributed by atoms with van der Waals surface area (Å²) in [6.45, 7) is 2.02. The van der Waals surface area contributed by atoms with Gasteiger partial charge in [0, 0.05) is 11.7 Å². The summed E-state index contributed by atoms with van der Waals surface area (Å²) in [6.07, 6.45) is -0.962. The molecule has 1 saturated carbocycles. The molecule has 19 heavy (non-hydrogen) atoms. The molecule has 1 aliphatic carbocycles. The van der Waals surface area contributed by atoms with Crippen LogP contribution < -0.4 is 5.32 Å². The van der Waals surface area contributed by atoms with Crippen LogP contribution in [0.1, 0.15) is 37.3 Å². The molecule has 0 amide bonds. The van der Waals surface area contributed by atoms with Crippen LogP contribution >= 0.6 is 0 Å². The Morgan fingerprint density at radius 2 is 2.05 bits per heavy atom. The van der Waals surface area contributed by atoms with Crippen LogP contribution in [0.4, 0.5) is 18.9 Å². The van der Waals surface area contributed by atoms with Crippen molar-refractivity contribution in [3.8, 4) is 6.07 Å². The molecule has 0 aromatic heterocycles. The highest BCUT2D eigenvalue weighted by molar-refractivity contribution is 5.54. The van der Waals surface area contributed by atoms with Crippen molar-refractivity contribution in [2.24, 2.45) is 5.92 Å². The highest BCUT2D eigenvalue weighted by Crippen LogP contribution is 2.34. The highest BCUT2D eigenvalue weighted by Gasteiger charge is 2.33. The summed E-state index contributed by atoms with van der Waals surface area (Å²) in [5.41, 5.74) is -0.640. The Kier molecular flexibility index (Phi) is 3.70. The number of anilines is 1. The molecule has 5 heteroatoms. The van der Waals surface area contributed by atoms with Crippen molar-refractivity contribution in [2.75, 3.05) is 5.32 Å². The lowest BCUT2D eigenvalue weighted by Gasteiger charge is -2.32. The third kappa shape index (κ3) is 3.01.